The molecule has 2 aliphatic heterocycles. The number of aliphatic hydroxyl groups excluding tert-OH is 1. The molecular formula is C79H126N14O15. The summed E-state index contributed by atoms with van der Waals surface area (Å²) in [6.07, 6.45) is 0.426. The van der Waals surface area contributed by atoms with Gasteiger partial charge in [-0.3, -0.25) is 67.1 Å². The molecule has 0 saturated carbocycles. The quantitative estimate of drug-likeness (QED) is 0.118. The lowest BCUT2D eigenvalue weighted by molar-refractivity contribution is -0.154. The maximum absolute atomic E-state index is 15.4. The van der Waals surface area contributed by atoms with Crippen molar-refractivity contribution in [3.63, 3.8) is 0 Å². The topological polar surface area (TPSA) is 349 Å². The third-order valence-corrected chi connectivity index (χ3v) is 21.0. The highest BCUT2D eigenvalue weighted by molar-refractivity contribution is 6.01. The normalized spacial score (nSPS) is 24.9. The molecule has 4 rings (SSSR count). The Labute approximate surface area is 640 Å². The zero-order chi connectivity index (χ0) is 81.6. The maximum atomic E-state index is 15.4. The Kier molecular flexibility index (Phi) is 35.6. The summed E-state index contributed by atoms with van der Waals surface area (Å²) in [5.41, 5.74) is 1.25. The van der Waals surface area contributed by atoms with Crippen molar-refractivity contribution < 1.29 is 72.2 Å². The van der Waals surface area contributed by atoms with Crippen LogP contribution in [-0.2, 0) is 80.0 Å². The van der Waals surface area contributed by atoms with Crippen LogP contribution in [0.2, 0.25) is 0 Å². The third-order valence-electron chi connectivity index (χ3n) is 21.0. The summed E-state index contributed by atoms with van der Waals surface area (Å²) < 4.78 is 0. The SMILES string of the molecule is CC[C@H](C)[C@H](NC(=O)[C@H](C)N(C)C(=O)[C@@H]1CC(=O)N[C@H](C(C)C)C(=O)N(C)[C@@H](C)C(=O)N(C)[C@@H](CC(C)C)C(=O)N(C)[C@@H](CC(C)C)C(=O)N(C)CC(=O)N(C)[C@@H](Cc2ccccc2)C(=O)N[C@@H](C)C(=O)N(C)[C@@H](Cc2ccccc2)C(=O)N(C)[C@@H](CC(C)C)C(=O)N[C@@H]([C@@H](C)O)C(=O)N1)C(=O)N1CCCCC1. The minimum atomic E-state index is -1.91. The van der Waals surface area contributed by atoms with Gasteiger partial charge in [-0.2, -0.15) is 0 Å². The van der Waals surface area contributed by atoms with Gasteiger partial charge in [-0.15, -0.1) is 0 Å². The van der Waals surface area contributed by atoms with Gasteiger partial charge in [0.15, 0.2) is 0 Å². The zero-order valence-electron chi connectivity index (χ0n) is 68.0. The van der Waals surface area contributed by atoms with Gasteiger partial charge >= 0.3 is 0 Å². The van der Waals surface area contributed by atoms with Crippen molar-refractivity contribution in [3.8, 4) is 0 Å². The largest absolute Gasteiger partial charge is 0.391 e. The molecule has 0 aliphatic carbocycles. The molecule has 108 heavy (non-hydrogen) atoms. The van der Waals surface area contributed by atoms with Crippen molar-refractivity contribution in [1.29, 1.82) is 0 Å². The fourth-order valence-electron chi connectivity index (χ4n) is 13.5. The van der Waals surface area contributed by atoms with Gasteiger partial charge in [0.2, 0.25) is 82.7 Å². The predicted molar refractivity (Wildman–Crippen MR) is 410 cm³/mol. The summed E-state index contributed by atoms with van der Waals surface area (Å²) in [6.45, 7) is 23.8. The number of likely N-dealkylation sites (N-methyl/N-ethyl adjacent to an activating group) is 8. The number of rotatable bonds is 19. The Morgan fingerprint density at radius 3 is 1.48 bits per heavy atom. The van der Waals surface area contributed by atoms with Crippen molar-refractivity contribution >= 4 is 82.7 Å². The van der Waals surface area contributed by atoms with Gasteiger partial charge in [-0.05, 0) is 107 Å². The summed E-state index contributed by atoms with van der Waals surface area (Å²) in [6, 6.07) is 0.850. The first kappa shape index (κ1) is 91.4. The average molecular weight is 1510 g/mol. The first-order valence-corrected chi connectivity index (χ1v) is 38.2. The van der Waals surface area contributed by atoms with E-state index in [-0.39, 0.29) is 61.7 Å². The fourth-order valence-corrected chi connectivity index (χ4v) is 13.5. The van der Waals surface area contributed by atoms with Crippen molar-refractivity contribution in [2.75, 3.05) is 76.0 Å². The van der Waals surface area contributed by atoms with Crippen LogP contribution in [0.25, 0.3) is 0 Å². The smallest absolute Gasteiger partial charge is 0.246 e. The summed E-state index contributed by atoms with van der Waals surface area (Å²) in [5, 5.41) is 25.0. The molecule has 0 radical (unpaired) electrons. The number of hydrogen-bond acceptors (Lipinski definition) is 15. The lowest BCUT2D eigenvalue weighted by Crippen LogP contribution is -2.63. The molecule has 0 unspecified atom stereocenters. The van der Waals surface area contributed by atoms with E-state index in [1.54, 1.807) is 93.3 Å². The Bertz CT molecular complexity index is 3420. The number of carbonyl (C=O) groups is 14. The van der Waals surface area contributed by atoms with Crippen molar-refractivity contribution in [3.05, 3.63) is 71.8 Å². The summed E-state index contributed by atoms with van der Waals surface area (Å²) >= 11 is 0. The summed E-state index contributed by atoms with van der Waals surface area (Å²) in [5.74, 6) is -12.6. The number of hydrogen-bond donors (Lipinski definition) is 6. The Hall–Kier alpha value is -9.02. The third kappa shape index (κ3) is 25.0. The lowest BCUT2D eigenvalue weighted by Gasteiger charge is -2.39. The van der Waals surface area contributed by atoms with Gasteiger partial charge in [-0.1, -0.05) is 136 Å². The molecule has 2 fully saturated rings. The second-order valence-corrected chi connectivity index (χ2v) is 31.4. The molecule has 14 amide bonds. The van der Waals surface area contributed by atoms with Crippen LogP contribution in [0.4, 0.5) is 0 Å². The van der Waals surface area contributed by atoms with Crippen LogP contribution in [0.5, 0.6) is 0 Å². The van der Waals surface area contributed by atoms with E-state index in [4.69, 9.17) is 0 Å². The van der Waals surface area contributed by atoms with Crippen molar-refractivity contribution in [2.45, 2.75) is 240 Å². The number of nitrogens with zero attached hydrogens (tertiary/aromatic N) is 9. The van der Waals surface area contributed by atoms with E-state index in [0.717, 1.165) is 38.9 Å². The first-order chi connectivity index (χ1) is 50.5. The second-order valence-electron chi connectivity index (χ2n) is 31.4. The highest BCUT2D eigenvalue weighted by Crippen LogP contribution is 2.25. The number of nitrogens with one attached hydrogen (secondary N) is 5. The number of aliphatic hydroxyl groups is 1. The first-order valence-electron chi connectivity index (χ1n) is 38.2. The summed E-state index contributed by atoms with van der Waals surface area (Å²) in [7, 11) is 11.0. The molecule has 0 aromatic heterocycles. The highest BCUT2D eigenvalue weighted by atomic mass is 16.3. The van der Waals surface area contributed by atoms with Gasteiger partial charge in [0, 0.05) is 82.3 Å². The molecule has 29 heteroatoms. The standard InChI is InChI=1S/C79H126N14O15/c1-23-50(10)66(79(108)93-37-31-26-32-38-93)83-68(97)52(12)86(16)74(103)57-44-63(95)82-65(49(8)9)78(107)87(17)53(13)73(102)91(21)61(41-48(6)7)76(105)92(22)60(40-47(4)5)75(104)85(15)45-64(96)88(18)59(42-55-33-27-24-28-34-55)69(98)80-51(11)72(101)90(20)62(43-56-35-29-25-30-36-56)77(106)89(19)58(39-46(2)3)70(99)84-67(54(14)94)71(100)81-57/h24-25,27-30,33-36,46-54,57-62,65-67,94H,23,26,31-32,37-45H2,1-22H3,(H,80,98)(H,81,100)(H,82,95)(H,83,97)(H,84,99)/t50-,51-,52-,53-,54+,57-,58-,59-,60-,61-,62-,65+,66-,67-/m0/s1. The molecule has 0 bridgehead atoms. The second kappa shape index (κ2) is 42.1. The molecule has 2 aromatic carbocycles. The van der Waals surface area contributed by atoms with Gasteiger partial charge < -0.3 is 75.8 Å². The van der Waals surface area contributed by atoms with E-state index in [1.165, 1.54) is 104 Å². The zero-order valence-corrected chi connectivity index (χ0v) is 68.0. The number of amides is 14. The number of piperidine rings is 1. The van der Waals surface area contributed by atoms with Crippen LogP contribution in [0.1, 0.15) is 159 Å². The molecule has 29 nitrogen and oxygen atoms in total. The molecule has 14 atom stereocenters. The Balaban J connectivity index is 1.95. The fraction of sp³-hybridized carbons (Fsp3) is 0.671. The predicted octanol–water partition coefficient (Wildman–Crippen LogP) is 2.84. The van der Waals surface area contributed by atoms with Crippen molar-refractivity contribution in [2.24, 2.45) is 29.6 Å². The lowest BCUT2D eigenvalue weighted by atomic mass is 9.96. The van der Waals surface area contributed by atoms with Crippen LogP contribution >= 0.6 is 0 Å². The van der Waals surface area contributed by atoms with Gasteiger partial charge in [0.05, 0.1) is 19.1 Å². The Morgan fingerprint density at radius 1 is 0.519 bits per heavy atom. The Morgan fingerprint density at radius 2 is 0.981 bits per heavy atom. The van der Waals surface area contributed by atoms with Gasteiger partial charge in [0.1, 0.15) is 72.5 Å². The number of carbonyl (C=O) groups excluding carboxylic acids is 14. The van der Waals surface area contributed by atoms with Crippen LogP contribution in [0, 0.1) is 29.6 Å². The maximum Gasteiger partial charge on any atom is 0.246 e. The molecular weight excluding hydrogens is 1380 g/mol. The number of benzene rings is 2. The van der Waals surface area contributed by atoms with Crippen LogP contribution in [-0.4, -0.2) is 287 Å². The van der Waals surface area contributed by atoms with E-state index in [2.05, 4.69) is 26.6 Å². The van der Waals surface area contributed by atoms with Crippen molar-refractivity contribution in [1.82, 2.24) is 70.7 Å². The van der Waals surface area contributed by atoms with E-state index >= 15 is 19.2 Å². The van der Waals surface area contributed by atoms with Crippen LogP contribution in [0.3, 0.4) is 0 Å². The minimum absolute atomic E-state index is 0.0423. The summed E-state index contributed by atoms with van der Waals surface area (Å²) in [4.78, 5) is 219. The molecule has 6 N–H and O–H groups in total. The van der Waals surface area contributed by atoms with Gasteiger partial charge in [-0.25, -0.2) is 0 Å². The van der Waals surface area contributed by atoms with E-state index in [9.17, 15) is 53.1 Å². The van der Waals surface area contributed by atoms with E-state index < -0.39 is 174 Å². The monoisotopic (exact) mass is 1510 g/mol. The van der Waals surface area contributed by atoms with E-state index in [1.807, 2.05) is 41.5 Å². The number of likely N-dealkylation sites (tertiary alicyclic amines) is 1. The van der Waals surface area contributed by atoms with Crippen LogP contribution < -0.4 is 26.6 Å². The molecule has 0 spiro atoms. The highest BCUT2D eigenvalue weighted by Gasteiger charge is 2.45. The molecule has 602 valence electrons. The minimum Gasteiger partial charge on any atom is -0.391 e. The molecule has 2 saturated heterocycles. The molecule has 2 aliphatic rings. The van der Waals surface area contributed by atoms with Crippen LogP contribution in [0.15, 0.2) is 60.7 Å². The van der Waals surface area contributed by atoms with E-state index in [0.29, 0.717) is 30.6 Å². The van der Waals surface area contributed by atoms with Gasteiger partial charge in [0.25, 0.3) is 0 Å². The molecule has 2 aromatic rings. The average Bonchev–Trinajstić information content (AvgIpc) is 0.820. The molecule has 2 heterocycles.